The van der Waals surface area contributed by atoms with Crippen molar-refractivity contribution < 1.29 is 9.53 Å². The van der Waals surface area contributed by atoms with Crippen LogP contribution in [0.3, 0.4) is 0 Å². The summed E-state index contributed by atoms with van der Waals surface area (Å²) in [7, 11) is 0. The van der Waals surface area contributed by atoms with Crippen LogP contribution in [-0.2, 0) is 4.79 Å². The highest BCUT2D eigenvalue weighted by molar-refractivity contribution is 6.32. The Morgan fingerprint density at radius 3 is 2.86 bits per heavy atom. The van der Waals surface area contributed by atoms with Crippen LogP contribution in [0.15, 0.2) is 24.3 Å². The second-order valence-electron chi connectivity index (χ2n) is 5.91. The fourth-order valence-electron chi connectivity index (χ4n) is 2.78. The first-order valence-electron chi connectivity index (χ1n) is 7.59. The van der Waals surface area contributed by atoms with E-state index in [0.717, 1.165) is 25.6 Å². The third kappa shape index (κ3) is 3.69. The number of ether oxygens (including phenoxy) is 1. The molecule has 1 saturated heterocycles. The molecule has 4 nitrogen and oxygen atoms in total. The van der Waals surface area contributed by atoms with Gasteiger partial charge in [-0.25, -0.2) is 0 Å². The van der Waals surface area contributed by atoms with Crippen molar-refractivity contribution in [3.05, 3.63) is 29.3 Å². The largest absolute Gasteiger partial charge is 0.479 e. The Morgan fingerprint density at radius 2 is 2.14 bits per heavy atom. The summed E-state index contributed by atoms with van der Waals surface area (Å²) >= 11 is 6.04. The zero-order valence-corrected chi connectivity index (χ0v) is 13.0. The Labute approximate surface area is 130 Å². The van der Waals surface area contributed by atoms with Gasteiger partial charge in [-0.2, -0.15) is 0 Å². The molecule has 1 amide bonds. The lowest BCUT2D eigenvalue weighted by atomic mass is 10.2. The zero-order valence-electron chi connectivity index (χ0n) is 12.2. The van der Waals surface area contributed by atoms with Gasteiger partial charge in [-0.1, -0.05) is 23.7 Å². The standard InChI is InChI=1S/C16H21ClN2O2/c1-11(21-15-5-3-2-4-14(15)17)16(20)18-12-8-9-19(10-12)13-6-7-13/h2-5,11-13H,6-10H2,1H3,(H,18,20)/t11-,12+/m0/s1. The number of likely N-dealkylation sites (tertiary alicyclic amines) is 1. The van der Waals surface area contributed by atoms with Gasteiger partial charge in [0.2, 0.25) is 0 Å². The van der Waals surface area contributed by atoms with Crippen molar-refractivity contribution in [3.63, 3.8) is 0 Å². The van der Waals surface area contributed by atoms with E-state index in [-0.39, 0.29) is 11.9 Å². The molecule has 3 rings (SSSR count). The van der Waals surface area contributed by atoms with Crippen LogP contribution in [0.1, 0.15) is 26.2 Å². The van der Waals surface area contributed by atoms with Gasteiger partial charge in [0.05, 0.1) is 5.02 Å². The number of carbonyl (C=O) groups excluding carboxylic acids is 1. The molecule has 1 aromatic carbocycles. The van der Waals surface area contributed by atoms with E-state index in [4.69, 9.17) is 16.3 Å². The van der Waals surface area contributed by atoms with E-state index in [9.17, 15) is 4.79 Å². The van der Waals surface area contributed by atoms with Gasteiger partial charge >= 0.3 is 0 Å². The molecule has 1 N–H and O–H groups in total. The van der Waals surface area contributed by atoms with Crippen LogP contribution in [0.5, 0.6) is 5.75 Å². The van der Waals surface area contributed by atoms with Gasteiger partial charge in [0.1, 0.15) is 5.75 Å². The molecule has 0 bridgehead atoms. The van der Waals surface area contributed by atoms with Crippen LogP contribution in [0.25, 0.3) is 0 Å². The summed E-state index contributed by atoms with van der Waals surface area (Å²) in [6, 6.07) is 8.23. The first-order chi connectivity index (χ1) is 10.1. The van der Waals surface area contributed by atoms with Gasteiger partial charge in [0.25, 0.3) is 5.91 Å². The molecule has 1 aromatic rings. The maximum atomic E-state index is 12.2. The zero-order chi connectivity index (χ0) is 14.8. The molecule has 1 heterocycles. The summed E-state index contributed by atoms with van der Waals surface area (Å²) < 4.78 is 5.65. The third-order valence-corrected chi connectivity index (χ3v) is 4.45. The van der Waals surface area contributed by atoms with Crippen LogP contribution in [0.2, 0.25) is 5.02 Å². The maximum Gasteiger partial charge on any atom is 0.261 e. The van der Waals surface area contributed by atoms with Gasteiger partial charge in [-0.3, -0.25) is 9.69 Å². The number of nitrogens with zero attached hydrogens (tertiary/aromatic N) is 1. The predicted octanol–water partition coefficient (Wildman–Crippen LogP) is 2.46. The lowest BCUT2D eigenvalue weighted by molar-refractivity contribution is -0.127. The van der Waals surface area contributed by atoms with Crippen molar-refractivity contribution >= 4 is 17.5 Å². The Kier molecular flexibility index (Phi) is 4.36. The number of para-hydroxylation sites is 1. The van der Waals surface area contributed by atoms with E-state index in [1.165, 1.54) is 12.8 Å². The van der Waals surface area contributed by atoms with Crippen LogP contribution in [0, 0.1) is 0 Å². The highest BCUT2D eigenvalue weighted by Crippen LogP contribution is 2.30. The molecule has 5 heteroatoms. The van der Waals surface area contributed by atoms with E-state index in [0.29, 0.717) is 10.8 Å². The number of halogens is 1. The molecule has 1 aliphatic carbocycles. The molecule has 2 aliphatic rings. The second kappa shape index (κ2) is 6.24. The van der Waals surface area contributed by atoms with Crippen molar-refractivity contribution in [3.8, 4) is 5.75 Å². The number of amides is 1. The van der Waals surface area contributed by atoms with Gasteiger partial charge in [0, 0.05) is 25.2 Å². The minimum absolute atomic E-state index is 0.0717. The molecular weight excluding hydrogens is 288 g/mol. The van der Waals surface area contributed by atoms with Gasteiger partial charge in [-0.05, 0) is 38.3 Å². The lowest BCUT2D eigenvalue weighted by Gasteiger charge is -2.19. The monoisotopic (exact) mass is 308 g/mol. The average Bonchev–Trinajstić information content (AvgIpc) is 3.22. The SMILES string of the molecule is C[C@H](Oc1ccccc1Cl)C(=O)N[C@@H]1CCN(C2CC2)C1. The molecule has 114 valence electrons. The highest BCUT2D eigenvalue weighted by Gasteiger charge is 2.35. The summed E-state index contributed by atoms with van der Waals surface area (Å²) in [6.07, 6.45) is 3.11. The Bertz CT molecular complexity index is 519. The number of nitrogens with one attached hydrogen (secondary N) is 1. The molecule has 2 atom stereocenters. The van der Waals surface area contributed by atoms with Crippen LogP contribution in [-0.4, -0.2) is 42.1 Å². The van der Waals surface area contributed by atoms with E-state index in [1.54, 1.807) is 19.1 Å². The molecule has 0 aromatic heterocycles. The normalized spacial score (nSPS) is 23.8. The predicted molar refractivity (Wildman–Crippen MR) is 82.7 cm³/mol. The molecule has 1 aliphatic heterocycles. The van der Waals surface area contributed by atoms with Gasteiger partial charge in [-0.15, -0.1) is 0 Å². The van der Waals surface area contributed by atoms with E-state index >= 15 is 0 Å². The number of benzene rings is 1. The quantitative estimate of drug-likeness (QED) is 0.908. The van der Waals surface area contributed by atoms with Gasteiger partial charge in [0.15, 0.2) is 6.10 Å². The number of rotatable bonds is 5. The minimum Gasteiger partial charge on any atom is -0.479 e. The lowest BCUT2D eigenvalue weighted by Crippen LogP contribution is -2.43. The van der Waals surface area contributed by atoms with E-state index < -0.39 is 6.10 Å². The van der Waals surface area contributed by atoms with Crippen molar-refractivity contribution in [2.45, 2.75) is 44.4 Å². The number of hydrogen-bond donors (Lipinski definition) is 1. The molecule has 1 saturated carbocycles. The Balaban J connectivity index is 1.49. The molecule has 0 unspecified atom stereocenters. The van der Waals surface area contributed by atoms with Crippen molar-refractivity contribution in [2.24, 2.45) is 0 Å². The van der Waals surface area contributed by atoms with Crippen molar-refractivity contribution in [1.82, 2.24) is 10.2 Å². The van der Waals surface area contributed by atoms with Crippen LogP contribution in [0.4, 0.5) is 0 Å². The van der Waals surface area contributed by atoms with Crippen molar-refractivity contribution in [2.75, 3.05) is 13.1 Å². The fourth-order valence-corrected chi connectivity index (χ4v) is 2.96. The molecular formula is C16H21ClN2O2. The minimum atomic E-state index is -0.542. The topological polar surface area (TPSA) is 41.6 Å². The van der Waals surface area contributed by atoms with Crippen molar-refractivity contribution in [1.29, 1.82) is 0 Å². The average molecular weight is 309 g/mol. The Morgan fingerprint density at radius 1 is 1.38 bits per heavy atom. The smallest absolute Gasteiger partial charge is 0.261 e. The molecule has 21 heavy (non-hydrogen) atoms. The summed E-state index contributed by atoms with van der Waals surface area (Å²) in [5.74, 6) is 0.477. The molecule has 0 radical (unpaired) electrons. The van der Waals surface area contributed by atoms with Crippen LogP contribution >= 0.6 is 11.6 Å². The van der Waals surface area contributed by atoms with E-state index in [1.807, 2.05) is 12.1 Å². The van der Waals surface area contributed by atoms with Crippen LogP contribution < -0.4 is 10.1 Å². The summed E-state index contributed by atoms with van der Waals surface area (Å²) in [6.45, 7) is 3.82. The molecule has 0 spiro atoms. The summed E-state index contributed by atoms with van der Waals surface area (Å²) in [5, 5.41) is 3.61. The number of carbonyl (C=O) groups is 1. The summed E-state index contributed by atoms with van der Waals surface area (Å²) in [5.41, 5.74) is 0. The third-order valence-electron chi connectivity index (χ3n) is 4.14. The number of hydrogen-bond acceptors (Lipinski definition) is 3. The second-order valence-corrected chi connectivity index (χ2v) is 6.32. The molecule has 2 fully saturated rings. The highest BCUT2D eigenvalue weighted by atomic mass is 35.5. The van der Waals surface area contributed by atoms with E-state index in [2.05, 4.69) is 10.2 Å². The first kappa shape index (κ1) is 14.7. The Hall–Kier alpha value is -1.26. The maximum absolute atomic E-state index is 12.2. The fraction of sp³-hybridized carbons (Fsp3) is 0.562. The first-order valence-corrected chi connectivity index (χ1v) is 7.97. The summed E-state index contributed by atoms with van der Waals surface area (Å²) in [4.78, 5) is 14.7. The van der Waals surface area contributed by atoms with Gasteiger partial charge < -0.3 is 10.1 Å².